The summed E-state index contributed by atoms with van der Waals surface area (Å²) in [7, 11) is 0. The van der Waals surface area contributed by atoms with Crippen LogP contribution in [0.5, 0.6) is 0 Å². The molecule has 1 aliphatic rings. The zero-order valence-corrected chi connectivity index (χ0v) is 10.9. The summed E-state index contributed by atoms with van der Waals surface area (Å²) in [6.07, 6.45) is -4.55. The first kappa shape index (κ1) is 14.6. The Bertz CT molecular complexity index is 518. The molecule has 3 N–H and O–H groups in total. The summed E-state index contributed by atoms with van der Waals surface area (Å²) in [5.74, 6) is -0.784. The van der Waals surface area contributed by atoms with Gasteiger partial charge >= 0.3 is 6.18 Å². The van der Waals surface area contributed by atoms with Gasteiger partial charge in [-0.05, 0) is 19.1 Å². The Balaban J connectivity index is 2.44. The van der Waals surface area contributed by atoms with Gasteiger partial charge in [0.15, 0.2) is 0 Å². The van der Waals surface area contributed by atoms with E-state index >= 15 is 0 Å². The Hall–Kier alpha value is -1.83. The predicted octanol–water partition coefficient (Wildman–Crippen LogP) is 0.997. The second-order valence-corrected chi connectivity index (χ2v) is 4.73. The van der Waals surface area contributed by atoms with E-state index < -0.39 is 17.8 Å². The molecule has 20 heavy (non-hydrogen) atoms. The van der Waals surface area contributed by atoms with Gasteiger partial charge in [-0.15, -0.1) is 0 Å². The lowest BCUT2D eigenvalue weighted by Gasteiger charge is -2.33. The molecule has 0 aromatic carbocycles. The van der Waals surface area contributed by atoms with E-state index in [1.54, 1.807) is 4.90 Å². The van der Waals surface area contributed by atoms with E-state index in [9.17, 15) is 18.0 Å². The van der Waals surface area contributed by atoms with Crippen LogP contribution < -0.4 is 16.0 Å². The molecule has 1 aliphatic heterocycles. The minimum Gasteiger partial charge on any atom is -0.365 e. The van der Waals surface area contributed by atoms with Crippen LogP contribution in [0.3, 0.4) is 0 Å². The van der Waals surface area contributed by atoms with Crippen molar-refractivity contribution in [3.63, 3.8) is 0 Å². The number of nitrogens with two attached hydrogens (primary N) is 1. The molecular weight excluding hydrogens is 273 g/mol. The molecule has 2 rings (SSSR count). The van der Waals surface area contributed by atoms with Crippen LogP contribution in [0.25, 0.3) is 0 Å². The lowest BCUT2D eigenvalue weighted by atomic mass is 10.1. The molecule has 1 saturated heterocycles. The highest BCUT2D eigenvalue weighted by molar-refractivity contribution is 5.97. The lowest BCUT2D eigenvalue weighted by molar-refractivity contribution is -0.141. The third-order valence-electron chi connectivity index (χ3n) is 3.10. The van der Waals surface area contributed by atoms with E-state index in [-0.39, 0.29) is 17.4 Å². The zero-order valence-electron chi connectivity index (χ0n) is 10.9. The van der Waals surface area contributed by atoms with Crippen molar-refractivity contribution < 1.29 is 18.0 Å². The Morgan fingerprint density at radius 2 is 2.20 bits per heavy atom. The molecule has 1 atom stereocenters. The number of anilines is 1. The average Bonchev–Trinajstić information content (AvgIpc) is 2.37. The second kappa shape index (κ2) is 5.28. The van der Waals surface area contributed by atoms with Gasteiger partial charge in [0.2, 0.25) is 0 Å². The maximum Gasteiger partial charge on any atom is 0.433 e. The number of alkyl halides is 3. The minimum absolute atomic E-state index is 0.000625. The van der Waals surface area contributed by atoms with Crippen molar-refractivity contribution in [2.75, 3.05) is 24.5 Å². The van der Waals surface area contributed by atoms with Gasteiger partial charge in [0, 0.05) is 25.7 Å². The van der Waals surface area contributed by atoms with Crippen LogP contribution in [0.15, 0.2) is 12.1 Å². The number of aromatic nitrogens is 1. The summed E-state index contributed by atoms with van der Waals surface area (Å²) >= 11 is 0. The third kappa shape index (κ3) is 3.01. The number of carbonyl (C=O) groups is 1. The van der Waals surface area contributed by atoms with Gasteiger partial charge in [-0.1, -0.05) is 0 Å². The van der Waals surface area contributed by atoms with Gasteiger partial charge in [-0.3, -0.25) is 4.79 Å². The number of primary amides is 1. The quantitative estimate of drug-likeness (QED) is 0.851. The molecule has 0 unspecified atom stereocenters. The molecular formula is C12H15F3N4O. The van der Waals surface area contributed by atoms with Crippen molar-refractivity contribution in [1.82, 2.24) is 10.3 Å². The number of pyridine rings is 1. The second-order valence-electron chi connectivity index (χ2n) is 4.73. The molecule has 0 bridgehead atoms. The lowest BCUT2D eigenvalue weighted by Crippen LogP contribution is -2.50. The number of nitrogens with zero attached hydrogens (tertiary/aromatic N) is 2. The maximum atomic E-state index is 12.7. The molecule has 110 valence electrons. The fourth-order valence-electron chi connectivity index (χ4n) is 2.16. The van der Waals surface area contributed by atoms with Crippen LogP contribution in [0.4, 0.5) is 19.0 Å². The van der Waals surface area contributed by atoms with Gasteiger partial charge < -0.3 is 16.0 Å². The third-order valence-corrected chi connectivity index (χ3v) is 3.10. The SMILES string of the molecule is C[C@@H]1CN(c2nc(C(F)(F)F)ccc2C(N)=O)CCN1. The number of carbonyl (C=O) groups excluding carboxylic acids is 1. The number of hydrogen-bond donors (Lipinski definition) is 2. The highest BCUT2D eigenvalue weighted by atomic mass is 19.4. The summed E-state index contributed by atoms with van der Waals surface area (Å²) < 4.78 is 38.2. The van der Waals surface area contributed by atoms with E-state index in [2.05, 4.69) is 10.3 Å². The van der Waals surface area contributed by atoms with Crippen LogP contribution in [-0.2, 0) is 6.18 Å². The molecule has 0 saturated carbocycles. The Kier molecular flexibility index (Phi) is 3.85. The van der Waals surface area contributed by atoms with Gasteiger partial charge in [0.1, 0.15) is 11.5 Å². The Morgan fingerprint density at radius 3 is 2.75 bits per heavy atom. The van der Waals surface area contributed by atoms with Gasteiger partial charge in [0.05, 0.1) is 5.56 Å². The number of nitrogens with one attached hydrogen (secondary N) is 1. The van der Waals surface area contributed by atoms with E-state index in [1.165, 1.54) is 0 Å². The molecule has 1 aromatic heterocycles. The molecule has 0 aliphatic carbocycles. The van der Waals surface area contributed by atoms with Crippen LogP contribution in [-0.4, -0.2) is 36.6 Å². The molecule has 1 fully saturated rings. The Labute approximate surface area is 114 Å². The molecule has 0 spiro atoms. The van der Waals surface area contributed by atoms with E-state index in [0.29, 0.717) is 19.6 Å². The molecule has 8 heteroatoms. The van der Waals surface area contributed by atoms with Crippen LogP contribution >= 0.6 is 0 Å². The fourth-order valence-corrected chi connectivity index (χ4v) is 2.16. The Morgan fingerprint density at radius 1 is 1.50 bits per heavy atom. The van der Waals surface area contributed by atoms with E-state index in [4.69, 9.17) is 5.73 Å². The minimum atomic E-state index is -4.55. The average molecular weight is 288 g/mol. The largest absolute Gasteiger partial charge is 0.433 e. The molecule has 1 amide bonds. The maximum absolute atomic E-state index is 12.7. The smallest absolute Gasteiger partial charge is 0.365 e. The van der Waals surface area contributed by atoms with Crippen molar-refractivity contribution >= 4 is 11.7 Å². The number of amides is 1. The number of piperazine rings is 1. The van der Waals surface area contributed by atoms with Gasteiger partial charge in [-0.2, -0.15) is 13.2 Å². The van der Waals surface area contributed by atoms with Crippen LogP contribution in [0.1, 0.15) is 23.0 Å². The number of rotatable bonds is 2. The summed E-state index contributed by atoms with van der Waals surface area (Å²) in [6, 6.07) is 1.95. The summed E-state index contributed by atoms with van der Waals surface area (Å²) in [5, 5.41) is 3.17. The van der Waals surface area contributed by atoms with Gasteiger partial charge in [0.25, 0.3) is 5.91 Å². The molecule has 2 heterocycles. The van der Waals surface area contributed by atoms with E-state index in [1.807, 2.05) is 6.92 Å². The van der Waals surface area contributed by atoms with Crippen molar-refractivity contribution in [2.45, 2.75) is 19.1 Å². The summed E-state index contributed by atoms with van der Waals surface area (Å²) in [5.41, 5.74) is 4.19. The first-order chi connectivity index (χ1) is 9.29. The topological polar surface area (TPSA) is 71.2 Å². The fraction of sp³-hybridized carbons (Fsp3) is 0.500. The van der Waals surface area contributed by atoms with Crippen molar-refractivity contribution in [2.24, 2.45) is 5.73 Å². The summed E-state index contributed by atoms with van der Waals surface area (Å²) in [4.78, 5) is 16.6. The highest BCUT2D eigenvalue weighted by Crippen LogP contribution is 2.30. The van der Waals surface area contributed by atoms with Crippen LogP contribution in [0.2, 0.25) is 0 Å². The number of halogens is 3. The van der Waals surface area contributed by atoms with Crippen molar-refractivity contribution in [1.29, 1.82) is 0 Å². The molecule has 5 nitrogen and oxygen atoms in total. The standard InChI is InChI=1S/C12H15F3N4O/c1-7-6-19(5-4-17-7)11-8(10(16)20)2-3-9(18-11)12(13,14)15/h2-3,7,17H,4-6H2,1H3,(H2,16,20)/t7-/m1/s1. The zero-order chi connectivity index (χ0) is 14.9. The number of hydrogen-bond acceptors (Lipinski definition) is 4. The van der Waals surface area contributed by atoms with Crippen LogP contribution in [0, 0.1) is 0 Å². The monoisotopic (exact) mass is 288 g/mol. The normalized spacial score (nSPS) is 20.0. The molecule has 0 radical (unpaired) electrons. The first-order valence-corrected chi connectivity index (χ1v) is 6.15. The summed E-state index contributed by atoms with van der Waals surface area (Å²) in [6.45, 7) is 3.45. The molecule has 1 aromatic rings. The predicted molar refractivity (Wildman–Crippen MR) is 67.4 cm³/mol. The van der Waals surface area contributed by atoms with Gasteiger partial charge in [-0.25, -0.2) is 4.98 Å². The highest BCUT2D eigenvalue weighted by Gasteiger charge is 2.34. The first-order valence-electron chi connectivity index (χ1n) is 6.15. The van der Waals surface area contributed by atoms with Crippen molar-refractivity contribution in [3.8, 4) is 0 Å². The van der Waals surface area contributed by atoms with Crippen molar-refractivity contribution in [3.05, 3.63) is 23.4 Å². The van der Waals surface area contributed by atoms with E-state index in [0.717, 1.165) is 12.1 Å².